The van der Waals surface area contributed by atoms with Crippen LogP contribution < -0.4 is 35.2 Å². The van der Waals surface area contributed by atoms with Gasteiger partial charge in [0.2, 0.25) is 11.6 Å². The fourth-order valence-corrected chi connectivity index (χ4v) is 14.2. The number of benzene rings is 10. The van der Waals surface area contributed by atoms with Gasteiger partial charge in [-0.05, 0) is 329 Å². The highest BCUT2D eigenvalue weighted by molar-refractivity contribution is 14.1. The number of carbonyl (C=O) groups is 5. The molecular formula is C89H66Br4F15IN8O11. The summed E-state index contributed by atoms with van der Waals surface area (Å²) in [4.78, 5) is 78.2. The Bertz CT molecular complexity index is 6080. The summed E-state index contributed by atoms with van der Waals surface area (Å²) in [7, 11) is 2.95. The number of Topliss-reactive ketones (excluding diaryl/α,β-unsaturated/α-hetero) is 2. The number of aryl methyl sites for hydroxylation is 5. The third kappa shape index (κ3) is 27.1. The van der Waals surface area contributed by atoms with Crippen molar-refractivity contribution in [3.05, 3.63) is 329 Å². The van der Waals surface area contributed by atoms with Crippen LogP contribution in [0.25, 0.3) is 11.1 Å². The third-order valence-corrected chi connectivity index (χ3v) is 20.9. The fourth-order valence-electron chi connectivity index (χ4n) is 11.7. The molecule has 0 spiro atoms. The third-order valence-electron chi connectivity index (χ3n) is 17.8. The number of nitrogens with two attached hydrogens (primary N) is 2. The Labute approximate surface area is 768 Å². The smallest absolute Gasteiger partial charge is 0.387 e. The molecule has 2 atom stereocenters. The summed E-state index contributed by atoms with van der Waals surface area (Å²) in [6.45, 7) is -6.88. The Morgan fingerprint density at radius 2 is 0.742 bits per heavy atom. The van der Waals surface area contributed by atoms with E-state index in [9.17, 15) is 85.0 Å². The standard InChI is InChI=1S/C22H18F3N5O2.C18H15BrF3N3O2.C16H10BrF3O3.C16H10BrF3O.C10H8F2O.C6H3BrFI.CH2O2/c1-12-7-14(4-6-18(12)32-20(24)25)22(19(31)30(2)21(26)29-22)15-3-5-17(23)16(8-15)13-9-27-11-28-10-13;1-9-7-10(4-6-14(9)27-16(21)22)18(15(26)25(2)17(23)24-18)11-3-5-13(20)12(19)8-11;1-8-6-9(3-5-13(8)23-16(19)20)14(21)15(22)10-2-4-12(18)11(17)7-10;1-10-8-11(5-7-15(10)21-16(19)20)2-3-12-4-6-14(18)13(17)9-12;1-3-8-4-5-9(7(2)6-8)13-10(11)12;7-5-3-4(9)1-2-6(5)8;2-1-3/h3-11,20H,1-2H3,(H2,26,29);3-8,16H,1-2H3,(H2,23,24);2-7,16H,1H3;4-9,16H,1H3;1,4-6,10H,2H3;1-3H;1H,(H,2,3). The second-order valence-corrected chi connectivity index (χ2v) is 31.0. The molecule has 3 heterocycles. The Morgan fingerprint density at radius 1 is 0.438 bits per heavy atom. The Balaban J connectivity index is 0.000000216. The van der Waals surface area contributed by atoms with Gasteiger partial charge < -0.3 is 40.3 Å². The lowest BCUT2D eigenvalue weighted by Gasteiger charge is -2.27. The zero-order chi connectivity index (χ0) is 94.9. The summed E-state index contributed by atoms with van der Waals surface area (Å²) >= 11 is 14.3. The van der Waals surface area contributed by atoms with E-state index in [0.717, 1.165) is 9.64 Å². The predicted molar refractivity (Wildman–Crippen MR) is 467 cm³/mol. The number of alkyl halides is 10. The zero-order valence-corrected chi connectivity index (χ0v) is 75.5. The number of aliphatic imine (C=N–C) groups is 2. The second kappa shape index (κ2) is 47.0. The average molecular weight is 2160 g/mol. The first-order valence-electron chi connectivity index (χ1n) is 36.1. The Hall–Kier alpha value is -12.3. The van der Waals surface area contributed by atoms with E-state index in [4.69, 9.17) is 27.8 Å². The summed E-state index contributed by atoms with van der Waals surface area (Å²) in [6.07, 6.45) is 9.34. The molecule has 668 valence electrons. The van der Waals surface area contributed by atoms with Gasteiger partial charge in [-0.1, -0.05) is 42.0 Å². The molecular weight excluding hydrogens is 2090 g/mol. The van der Waals surface area contributed by atoms with Crippen LogP contribution in [0.5, 0.6) is 28.7 Å². The SMILES string of the molecule is C#Cc1ccc(OC(F)F)c(C)c1.Cc1cc(C#Cc2ccc(F)c(Br)c2)ccc1OC(F)F.Cc1cc(C(=O)C(=O)c2ccc(F)c(Br)c2)ccc1OC(F)F.Cc1cc(C2(c3ccc(F)c(-c4cncnc4)c3)N=C(N)N(C)C2=O)ccc1OC(F)F.Cc1cc(C2(c3ccc(F)c(Br)c3)N=C(N)N(C)C2=O)ccc1OC(F)F.Fc1ccc(I)cc1Br.O=CO. The molecule has 10 aromatic carbocycles. The number of amides is 2. The molecule has 13 rings (SSSR count). The molecule has 0 saturated carbocycles. The van der Waals surface area contributed by atoms with E-state index >= 15 is 0 Å². The number of terminal acetylenes is 1. The minimum absolute atomic E-state index is 0.00833. The van der Waals surface area contributed by atoms with Crippen LogP contribution in [0, 0.1) is 91.5 Å². The minimum atomic E-state index is -2.99. The van der Waals surface area contributed by atoms with Gasteiger partial charge in [0.1, 0.15) is 64.2 Å². The van der Waals surface area contributed by atoms with Crippen molar-refractivity contribution in [1.82, 2.24) is 19.8 Å². The molecule has 11 aromatic rings. The van der Waals surface area contributed by atoms with Crippen molar-refractivity contribution in [2.75, 3.05) is 14.1 Å². The van der Waals surface area contributed by atoms with Gasteiger partial charge in [-0.2, -0.15) is 43.9 Å². The summed E-state index contributed by atoms with van der Waals surface area (Å²) < 4.78 is 214. The van der Waals surface area contributed by atoms with Gasteiger partial charge in [-0.15, -0.1) is 6.42 Å². The molecule has 2 unspecified atom stereocenters. The van der Waals surface area contributed by atoms with Gasteiger partial charge in [0.25, 0.3) is 18.3 Å². The van der Waals surface area contributed by atoms with Crippen molar-refractivity contribution in [2.45, 2.75) is 78.8 Å². The number of carboxylic acid groups (broad SMARTS) is 1. The number of hydrogen-bond donors (Lipinski definition) is 3. The van der Waals surface area contributed by atoms with E-state index in [1.54, 1.807) is 76.2 Å². The van der Waals surface area contributed by atoms with Gasteiger partial charge in [0.05, 0.1) is 17.9 Å². The molecule has 0 aliphatic carbocycles. The van der Waals surface area contributed by atoms with E-state index in [-0.39, 0.29) is 84.4 Å². The summed E-state index contributed by atoms with van der Waals surface area (Å²) in [5.74, 6) is 3.57. The lowest BCUT2D eigenvalue weighted by molar-refractivity contribution is -0.130. The normalized spacial score (nSPS) is 14.1. The highest BCUT2D eigenvalue weighted by atomic mass is 127. The van der Waals surface area contributed by atoms with Crippen LogP contribution in [0.4, 0.5) is 65.9 Å². The summed E-state index contributed by atoms with van der Waals surface area (Å²) in [5.41, 5.74) is 15.0. The number of hydrogen-bond acceptors (Lipinski definition) is 16. The number of rotatable bonds is 18. The maximum atomic E-state index is 14.7. The Morgan fingerprint density at radius 3 is 1.11 bits per heavy atom. The van der Waals surface area contributed by atoms with Crippen LogP contribution in [-0.2, 0) is 25.5 Å². The average Bonchev–Trinajstić information content (AvgIpc) is 1.56. The number of ketones is 2. The van der Waals surface area contributed by atoms with E-state index in [0.29, 0.717) is 81.3 Å². The molecule has 2 amide bonds. The Kier molecular flexibility index (Phi) is 37.7. The number of guanidine groups is 2. The number of halogens is 20. The maximum Gasteiger partial charge on any atom is 0.387 e. The molecule has 0 fully saturated rings. The molecule has 128 heavy (non-hydrogen) atoms. The fraction of sp³-hybridized carbons (Fsp3) is 0.157. The lowest BCUT2D eigenvalue weighted by atomic mass is 9.81. The van der Waals surface area contributed by atoms with Crippen LogP contribution in [0.2, 0.25) is 0 Å². The summed E-state index contributed by atoms with van der Waals surface area (Å²) in [5, 5.41) is 6.89. The van der Waals surface area contributed by atoms with Crippen LogP contribution >= 0.6 is 86.3 Å². The van der Waals surface area contributed by atoms with Crippen molar-refractivity contribution < 1.29 is 119 Å². The molecule has 39 heteroatoms. The van der Waals surface area contributed by atoms with E-state index < -0.39 is 85.0 Å². The molecule has 0 bridgehead atoms. The van der Waals surface area contributed by atoms with Gasteiger partial charge in [0.15, 0.2) is 23.0 Å². The van der Waals surface area contributed by atoms with Gasteiger partial charge in [-0.25, -0.2) is 41.9 Å². The number of ether oxygens (including phenoxy) is 5. The number of likely N-dealkylation sites (N-methyl/N-ethyl adjacent to an activating group) is 2. The van der Waals surface area contributed by atoms with E-state index in [1.165, 1.54) is 177 Å². The molecule has 2 aliphatic heterocycles. The van der Waals surface area contributed by atoms with E-state index in [1.807, 2.05) is 0 Å². The first kappa shape index (κ1) is 103. The maximum absolute atomic E-state index is 14.7. The number of aromatic nitrogens is 2. The molecule has 2 aliphatic rings. The van der Waals surface area contributed by atoms with Crippen molar-refractivity contribution >= 4 is 128 Å². The lowest BCUT2D eigenvalue weighted by Crippen LogP contribution is -2.41. The van der Waals surface area contributed by atoms with Crippen LogP contribution in [0.15, 0.2) is 229 Å². The monoisotopic (exact) mass is 2150 g/mol. The van der Waals surface area contributed by atoms with Gasteiger partial charge in [-0.3, -0.25) is 33.8 Å². The predicted octanol–water partition coefficient (Wildman–Crippen LogP) is 21.7. The quantitative estimate of drug-likeness (QED) is 0.0137. The zero-order valence-electron chi connectivity index (χ0n) is 67.0. The first-order chi connectivity index (χ1) is 60.4. The molecule has 1 aromatic heterocycles. The topological polar surface area (TPSA) is 261 Å². The number of nitrogens with zero attached hydrogens (tertiary/aromatic N) is 6. The van der Waals surface area contributed by atoms with Crippen LogP contribution in [-0.4, -0.2) is 114 Å². The van der Waals surface area contributed by atoms with E-state index in [2.05, 4.69) is 148 Å². The molecule has 0 saturated heterocycles. The minimum Gasteiger partial charge on any atom is -0.483 e. The number of carbonyl (C=O) groups excluding carboxylic acids is 4. The van der Waals surface area contributed by atoms with Crippen LogP contribution in [0.1, 0.15) is 87.5 Å². The van der Waals surface area contributed by atoms with Crippen molar-refractivity contribution in [3.8, 4) is 64.1 Å². The summed E-state index contributed by atoms with van der Waals surface area (Å²) in [6, 6.07) is 42.8. The second-order valence-electron chi connectivity index (χ2n) is 26.3. The van der Waals surface area contributed by atoms with Gasteiger partial charge >= 0.3 is 33.1 Å². The molecule has 19 nitrogen and oxygen atoms in total. The van der Waals surface area contributed by atoms with Crippen molar-refractivity contribution in [2.24, 2.45) is 21.5 Å². The largest absolute Gasteiger partial charge is 0.483 e. The highest BCUT2D eigenvalue weighted by Crippen LogP contribution is 2.45. The molecule has 5 N–H and O–H groups in total. The van der Waals surface area contributed by atoms with Crippen molar-refractivity contribution in [1.29, 1.82) is 0 Å². The van der Waals surface area contributed by atoms with Gasteiger partial charge in [0, 0.05) is 69.0 Å². The molecule has 0 radical (unpaired) electrons. The van der Waals surface area contributed by atoms with Crippen LogP contribution in [0.3, 0.4) is 0 Å². The highest BCUT2D eigenvalue weighted by Gasteiger charge is 2.51. The van der Waals surface area contributed by atoms with Crippen molar-refractivity contribution in [3.63, 3.8) is 0 Å². The first-order valence-corrected chi connectivity index (χ1v) is 40.4.